The third kappa shape index (κ3) is 4.91. The first-order valence-corrected chi connectivity index (χ1v) is 9.19. The van der Waals surface area contributed by atoms with Gasteiger partial charge in [-0.3, -0.25) is 0 Å². The van der Waals surface area contributed by atoms with Gasteiger partial charge in [-0.05, 0) is 32.0 Å². The number of aromatic nitrogens is 4. The van der Waals surface area contributed by atoms with E-state index >= 15 is 0 Å². The number of anilines is 2. The van der Waals surface area contributed by atoms with Crippen molar-refractivity contribution in [1.29, 1.82) is 0 Å². The monoisotopic (exact) mass is 395 g/mol. The fourth-order valence-corrected chi connectivity index (χ4v) is 2.82. The van der Waals surface area contributed by atoms with E-state index in [1.807, 2.05) is 42.8 Å². The molecule has 0 aliphatic carbocycles. The van der Waals surface area contributed by atoms with E-state index in [0.717, 1.165) is 22.8 Å². The van der Waals surface area contributed by atoms with Crippen LogP contribution < -0.4 is 10.1 Å². The minimum Gasteiger partial charge on any atom is -0.494 e. The molecule has 0 fully saturated rings. The van der Waals surface area contributed by atoms with Gasteiger partial charge < -0.3 is 24.1 Å². The van der Waals surface area contributed by atoms with Crippen LogP contribution in [0.3, 0.4) is 0 Å². The maximum atomic E-state index is 5.56. The van der Waals surface area contributed by atoms with Crippen molar-refractivity contribution in [3.05, 3.63) is 60.5 Å². The Balaban J connectivity index is 1.91. The SMILES string of the molecule is C=C(OCC)c1cc(COC)nc(Nc2ccc(-n3cnc(C)c3)c(OC)c2)n1. The first-order chi connectivity index (χ1) is 14.0. The van der Waals surface area contributed by atoms with E-state index in [1.54, 1.807) is 26.6 Å². The highest BCUT2D eigenvalue weighted by molar-refractivity contribution is 5.63. The van der Waals surface area contributed by atoms with Crippen LogP contribution in [0.15, 0.2) is 43.4 Å². The predicted octanol–water partition coefficient (Wildman–Crippen LogP) is 3.88. The highest BCUT2D eigenvalue weighted by Crippen LogP contribution is 2.28. The summed E-state index contributed by atoms with van der Waals surface area (Å²) < 4.78 is 18.2. The predicted molar refractivity (Wildman–Crippen MR) is 112 cm³/mol. The number of rotatable bonds is 9. The van der Waals surface area contributed by atoms with Crippen LogP contribution in [0, 0.1) is 6.92 Å². The Morgan fingerprint density at radius 2 is 2.03 bits per heavy atom. The molecule has 0 saturated carbocycles. The summed E-state index contributed by atoms with van der Waals surface area (Å²) >= 11 is 0. The van der Waals surface area contributed by atoms with Gasteiger partial charge in [0.2, 0.25) is 5.95 Å². The summed E-state index contributed by atoms with van der Waals surface area (Å²) in [5.74, 6) is 1.60. The molecule has 3 rings (SSSR count). The van der Waals surface area contributed by atoms with Gasteiger partial charge in [0.25, 0.3) is 0 Å². The number of imidazole rings is 1. The molecule has 0 aliphatic rings. The van der Waals surface area contributed by atoms with Crippen LogP contribution in [0.4, 0.5) is 11.6 Å². The van der Waals surface area contributed by atoms with Crippen LogP contribution in [0.25, 0.3) is 11.4 Å². The van der Waals surface area contributed by atoms with Crippen molar-refractivity contribution in [1.82, 2.24) is 19.5 Å². The van der Waals surface area contributed by atoms with Crippen LogP contribution in [0.1, 0.15) is 24.0 Å². The lowest BCUT2D eigenvalue weighted by molar-refractivity contribution is 0.181. The minimum atomic E-state index is 0.353. The smallest absolute Gasteiger partial charge is 0.228 e. The summed E-state index contributed by atoms with van der Waals surface area (Å²) in [5, 5.41) is 3.22. The van der Waals surface area contributed by atoms with Crippen molar-refractivity contribution >= 4 is 17.4 Å². The molecule has 0 bridgehead atoms. The molecule has 2 heterocycles. The Kier molecular flexibility index (Phi) is 6.46. The molecule has 1 aromatic carbocycles. The van der Waals surface area contributed by atoms with Crippen LogP contribution in [0.5, 0.6) is 5.75 Å². The maximum absolute atomic E-state index is 5.56. The third-order valence-electron chi connectivity index (χ3n) is 4.10. The molecule has 3 aromatic rings. The van der Waals surface area contributed by atoms with Gasteiger partial charge in [0.05, 0.1) is 43.7 Å². The van der Waals surface area contributed by atoms with Crippen molar-refractivity contribution in [3.63, 3.8) is 0 Å². The quantitative estimate of drug-likeness (QED) is 0.551. The molecule has 0 spiro atoms. The zero-order valence-corrected chi connectivity index (χ0v) is 17.1. The standard InChI is InChI=1S/C21H25N5O3/c1-6-29-15(3)18-9-17(12-27-4)24-21(25-18)23-16-7-8-19(20(10-16)28-5)26-11-14(2)22-13-26/h7-11,13H,3,6,12H2,1-2,4-5H3,(H,23,24,25). The van der Waals surface area contributed by atoms with Crippen molar-refractivity contribution < 1.29 is 14.2 Å². The summed E-state index contributed by atoms with van der Waals surface area (Å²) in [4.78, 5) is 13.3. The van der Waals surface area contributed by atoms with Crippen LogP contribution in [-0.4, -0.2) is 40.3 Å². The average molecular weight is 395 g/mol. The highest BCUT2D eigenvalue weighted by Gasteiger charge is 2.11. The molecule has 0 radical (unpaired) electrons. The normalized spacial score (nSPS) is 10.6. The van der Waals surface area contributed by atoms with Crippen molar-refractivity contribution in [3.8, 4) is 11.4 Å². The second kappa shape index (κ2) is 9.20. The van der Waals surface area contributed by atoms with Gasteiger partial charge in [0, 0.05) is 25.1 Å². The van der Waals surface area contributed by atoms with Gasteiger partial charge in [-0.1, -0.05) is 6.58 Å². The molecule has 8 nitrogen and oxygen atoms in total. The molecule has 0 unspecified atom stereocenters. The summed E-state index contributed by atoms with van der Waals surface area (Å²) in [6.45, 7) is 8.63. The zero-order valence-electron chi connectivity index (χ0n) is 17.1. The summed E-state index contributed by atoms with van der Waals surface area (Å²) in [5.41, 5.74) is 3.93. The van der Waals surface area contributed by atoms with E-state index in [0.29, 0.717) is 36.4 Å². The Labute approximate surface area is 170 Å². The molecule has 8 heteroatoms. The lowest BCUT2D eigenvalue weighted by Crippen LogP contribution is -2.06. The molecule has 152 valence electrons. The van der Waals surface area contributed by atoms with Crippen LogP contribution >= 0.6 is 0 Å². The minimum absolute atomic E-state index is 0.353. The lowest BCUT2D eigenvalue weighted by Gasteiger charge is -2.14. The summed E-state index contributed by atoms with van der Waals surface area (Å²) in [6.07, 6.45) is 3.69. The highest BCUT2D eigenvalue weighted by atomic mass is 16.5. The fourth-order valence-electron chi connectivity index (χ4n) is 2.82. The van der Waals surface area contributed by atoms with Gasteiger partial charge in [-0.2, -0.15) is 0 Å². The number of methoxy groups -OCH3 is 2. The summed E-state index contributed by atoms with van der Waals surface area (Å²) in [6, 6.07) is 7.56. The van der Waals surface area contributed by atoms with Crippen molar-refractivity contribution in [2.24, 2.45) is 0 Å². The van der Waals surface area contributed by atoms with Gasteiger partial charge in [0.15, 0.2) is 0 Å². The summed E-state index contributed by atoms with van der Waals surface area (Å²) in [7, 11) is 3.25. The topological polar surface area (TPSA) is 83.3 Å². The molecule has 2 aromatic heterocycles. The van der Waals surface area contributed by atoms with E-state index in [1.165, 1.54) is 0 Å². The Bertz CT molecular complexity index is 1000. The van der Waals surface area contributed by atoms with E-state index in [4.69, 9.17) is 14.2 Å². The Hall–Kier alpha value is -3.39. The molecule has 0 saturated heterocycles. The maximum Gasteiger partial charge on any atom is 0.228 e. The molecule has 29 heavy (non-hydrogen) atoms. The molecule has 0 atom stereocenters. The van der Waals surface area contributed by atoms with E-state index in [-0.39, 0.29) is 0 Å². The van der Waals surface area contributed by atoms with Gasteiger partial charge in [-0.15, -0.1) is 0 Å². The number of hydrogen-bond acceptors (Lipinski definition) is 7. The number of benzene rings is 1. The van der Waals surface area contributed by atoms with Crippen molar-refractivity contribution in [2.75, 3.05) is 26.1 Å². The fraction of sp³-hybridized carbons (Fsp3) is 0.286. The number of nitrogens with zero attached hydrogens (tertiary/aromatic N) is 4. The van der Waals surface area contributed by atoms with E-state index in [9.17, 15) is 0 Å². The van der Waals surface area contributed by atoms with Gasteiger partial charge in [0.1, 0.15) is 17.2 Å². The van der Waals surface area contributed by atoms with Gasteiger partial charge >= 0.3 is 0 Å². The van der Waals surface area contributed by atoms with Crippen LogP contribution in [-0.2, 0) is 16.1 Å². The van der Waals surface area contributed by atoms with E-state index in [2.05, 4.69) is 26.8 Å². The third-order valence-corrected chi connectivity index (χ3v) is 4.10. The van der Waals surface area contributed by atoms with Gasteiger partial charge in [-0.25, -0.2) is 15.0 Å². The van der Waals surface area contributed by atoms with E-state index < -0.39 is 0 Å². The molecular weight excluding hydrogens is 370 g/mol. The lowest BCUT2D eigenvalue weighted by atomic mass is 10.2. The Morgan fingerprint density at radius 1 is 1.21 bits per heavy atom. The molecular formula is C21H25N5O3. The zero-order chi connectivity index (χ0) is 20.8. The number of hydrogen-bond donors (Lipinski definition) is 1. The molecule has 1 N–H and O–H groups in total. The average Bonchev–Trinajstić information content (AvgIpc) is 3.14. The number of nitrogens with one attached hydrogen (secondary N) is 1. The Morgan fingerprint density at radius 3 is 2.69 bits per heavy atom. The second-order valence-electron chi connectivity index (χ2n) is 6.29. The number of aryl methyl sites for hydroxylation is 1. The largest absolute Gasteiger partial charge is 0.494 e. The molecule has 0 aliphatic heterocycles. The second-order valence-corrected chi connectivity index (χ2v) is 6.29. The molecule has 0 amide bonds. The number of ether oxygens (including phenoxy) is 3. The first kappa shape index (κ1) is 20.3. The van der Waals surface area contributed by atoms with Crippen molar-refractivity contribution in [2.45, 2.75) is 20.5 Å². The van der Waals surface area contributed by atoms with Crippen LogP contribution in [0.2, 0.25) is 0 Å². The first-order valence-electron chi connectivity index (χ1n) is 9.19.